The Morgan fingerprint density at radius 3 is 2.50 bits per heavy atom. The van der Waals surface area contributed by atoms with E-state index in [1.54, 1.807) is 0 Å². The largest absolute Gasteiger partial charge is 0.417 e. The summed E-state index contributed by atoms with van der Waals surface area (Å²) in [6, 6.07) is 1.79. The van der Waals surface area contributed by atoms with Gasteiger partial charge in [0.15, 0.2) is 0 Å². The Morgan fingerprint density at radius 2 is 1.94 bits per heavy atom. The smallest absolute Gasteiger partial charge is 0.315 e. The first-order valence-electron chi connectivity index (χ1n) is 5.23. The number of rotatable bonds is 4. The normalized spacial score (nSPS) is 11.8. The quantitative estimate of drug-likeness (QED) is 0.732. The van der Waals surface area contributed by atoms with Crippen molar-refractivity contribution in [2.24, 2.45) is 0 Å². The van der Waals surface area contributed by atoms with Gasteiger partial charge in [-0.2, -0.15) is 13.2 Å². The molecule has 0 amide bonds. The van der Waals surface area contributed by atoms with Crippen LogP contribution in [0.1, 0.15) is 31.7 Å². The first kappa shape index (κ1) is 12.8. The molecule has 0 aliphatic heterocycles. The topological polar surface area (TPSA) is 22.0 Å². The highest BCUT2D eigenvalue weighted by atomic mass is 19.4. The molecule has 2 nitrogen and oxygen atoms in total. The second-order valence-electron chi connectivity index (χ2n) is 3.65. The molecule has 0 aliphatic rings. The van der Waals surface area contributed by atoms with Crippen molar-refractivity contribution in [1.82, 2.24) is 4.57 Å². The number of nitrogens with zero attached hydrogens (tertiary/aromatic N) is 1. The summed E-state index contributed by atoms with van der Waals surface area (Å²) in [6.45, 7) is 2.34. The van der Waals surface area contributed by atoms with E-state index in [4.69, 9.17) is 0 Å². The molecule has 0 unspecified atom stereocenters. The fourth-order valence-electron chi connectivity index (χ4n) is 1.41. The van der Waals surface area contributed by atoms with Crippen LogP contribution in [0.2, 0.25) is 0 Å². The van der Waals surface area contributed by atoms with Crippen LogP contribution >= 0.6 is 0 Å². The predicted octanol–water partition coefficient (Wildman–Crippen LogP) is 3.06. The van der Waals surface area contributed by atoms with Gasteiger partial charge in [-0.3, -0.25) is 4.79 Å². The van der Waals surface area contributed by atoms with E-state index in [0.29, 0.717) is 6.54 Å². The summed E-state index contributed by atoms with van der Waals surface area (Å²) >= 11 is 0. The van der Waals surface area contributed by atoms with Crippen LogP contribution < -0.4 is 5.56 Å². The number of aryl methyl sites for hydroxylation is 1. The fraction of sp³-hybridized carbons (Fsp3) is 0.545. The van der Waals surface area contributed by atoms with Crippen molar-refractivity contribution in [3.63, 3.8) is 0 Å². The van der Waals surface area contributed by atoms with Crippen molar-refractivity contribution in [1.29, 1.82) is 0 Å². The number of halogens is 3. The summed E-state index contributed by atoms with van der Waals surface area (Å²) in [7, 11) is 0. The maximum absolute atomic E-state index is 12.4. The van der Waals surface area contributed by atoms with E-state index in [1.165, 1.54) is 0 Å². The molecule has 5 heteroatoms. The molecular weight excluding hydrogens is 219 g/mol. The summed E-state index contributed by atoms with van der Waals surface area (Å²) in [5, 5.41) is 0. The Balaban J connectivity index is 2.87. The molecule has 16 heavy (non-hydrogen) atoms. The molecule has 0 aliphatic carbocycles. The minimum atomic E-state index is -4.39. The molecule has 0 radical (unpaired) electrons. The lowest BCUT2D eigenvalue weighted by Crippen LogP contribution is -2.21. The fourth-order valence-corrected chi connectivity index (χ4v) is 1.41. The van der Waals surface area contributed by atoms with Crippen LogP contribution in [0.3, 0.4) is 0 Å². The Bertz CT molecular complexity index is 395. The third kappa shape index (κ3) is 3.40. The zero-order valence-corrected chi connectivity index (χ0v) is 9.05. The molecule has 0 saturated heterocycles. The summed E-state index contributed by atoms with van der Waals surface area (Å²) in [4.78, 5) is 11.3. The lowest BCUT2D eigenvalue weighted by atomic mass is 10.2. The van der Waals surface area contributed by atoms with Crippen LogP contribution in [-0.4, -0.2) is 4.57 Å². The number of alkyl halides is 3. The standard InChI is InChI=1S/C11H14F3NO/c1-2-3-4-7-15-8-9(11(12,13)14)5-6-10(15)16/h5-6,8H,2-4,7H2,1H3. The maximum atomic E-state index is 12.4. The van der Waals surface area contributed by atoms with Gasteiger partial charge in [0.1, 0.15) is 0 Å². The average Bonchev–Trinajstić information content (AvgIpc) is 2.19. The van der Waals surface area contributed by atoms with Gasteiger partial charge < -0.3 is 4.57 Å². The molecule has 0 spiro atoms. The van der Waals surface area contributed by atoms with Gasteiger partial charge >= 0.3 is 6.18 Å². The van der Waals surface area contributed by atoms with Gasteiger partial charge in [0.2, 0.25) is 0 Å². The molecule has 1 rings (SSSR count). The predicted molar refractivity (Wildman–Crippen MR) is 55.2 cm³/mol. The SMILES string of the molecule is CCCCCn1cc(C(F)(F)F)ccc1=O. The summed E-state index contributed by atoms with van der Waals surface area (Å²) in [6.07, 6.45) is -0.910. The molecule has 1 aromatic heterocycles. The number of hydrogen-bond acceptors (Lipinski definition) is 1. The third-order valence-corrected chi connectivity index (χ3v) is 2.31. The van der Waals surface area contributed by atoms with Gasteiger partial charge in [0.25, 0.3) is 5.56 Å². The first-order chi connectivity index (χ1) is 7.45. The van der Waals surface area contributed by atoms with Gasteiger partial charge in [-0.25, -0.2) is 0 Å². The molecule has 1 heterocycles. The van der Waals surface area contributed by atoms with Gasteiger partial charge in [0.05, 0.1) is 5.56 Å². The van der Waals surface area contributed by atoms with Gasteiger partial charge in [0, 0.05) is 18.8 Å². The molecule has 0 atom stereocenters. The number of aromatic nitrogens is 1. The number of hydrogen-bond donors (Lipinski definition) is 0. The van der Waals surface area contributed by atoms with Crippen LogP contribution in [0.25, 0.3) is 0 Å². The second kappa shape index (κ2) is 5.18. The molecule has 0 aromatic carbocycles. The summed E-state index contributed by atoms with van der Waals surface area (Å²) in [5.41, 5.74) is -1.16. The minimum Gasteiger partial charge on any atom is -0.315 e. The van der Waals surface area contributed by atoms with Gasteiger partial charge in [-0.1, -0.05) is 19.8 Å². The molecule has 0 saturated carbocycles. The Hall–Kier alpha value is -1.26. The van der Waals surface area contributed by atoms with E-state index in [-0.39, 0.29) is 5.56 Å². The van der Waals surface area contributed by atoms with Crippen LogP contribution in [0, 0.1) is 0 Å². The molecule has 0 bridgehead atoms. The minimum absolute atomic E-state index is 0.344. The molecular formula is C11H14F3NO. The summed E-state index contributed by atoms with van der Waals surface area (Å²) in [5.74, 6) is 0. The van der Waals surface area contributed by atoms with Crippen LogP contribution in [0.5, 0.6) is 0 Å². The van der Waals surface area contributed by atoms with Gasteiger partial charge in [-0.15, -0.1) is 0 Å². The lowest BCUT2D eigenvalue weighted by molar-refractivity contribution is -0.138. The van der Waals surface area contributed by atoms with Crippen LogP contribution in [0.4, 0.5) is 13.2 Å². The average molecular weight is 233 g/mol. The summed E-state index contributed by atoms with van der Waals surface area (Å²) < 4.78 is 38.2. The van der Waals surface area contributed by atoms with E-state index in [1.807, 2.05) is 6.92 Å². The van der Waals surface area contributed by atoms with E-state index >= 15 is 0 Å². The monoisotopic (exact) mass is 233 g/mol. The lowest BCUT2D eigenvalue weighted by Gasteiger charge is -2.10. The zero-order valence-electron chi connectivity index (χ0n) is 9.05. The number of pyridine rings is 1. The Kier molecular flexibility index (Phi) is 4.15. The maximum Gasteiger partial charge on any atom is 0.417 e. The molecule has 0 fully saturated rings. The Labute approximate surface area is 91.7 Å². The van der Waals surface area contributed by atoms with Crippen molar-refractivity contribution in [2.75, 3.05) is 0 Å². The van der Waals surface area contributed by atoms with Gasteiger partial charge in [-0.05, 0) is 12.5 Å². The van der Waals surface area contributed by atoms with Crippen LogP contribution in [-0.2, 0) is 12.7 Å². The number of unbranched alkanes of at least 4 members (excludes halogenated alkanes) is 2. The first-order valence-corrected chi connectivity index (χ1v) is 5.23. The Morgan fingerprint density at radius 1 is 1.25 bits per heavy atom. The zero-order chi connectivity index (χ0) is 12.2. The van der Waals surface area contributed by atoms with Crippen molar-refractivity contribution >= 4 is 0 Å². The highest BCUT2D eigenvalue weighted by Gasteiger charge is 2.30. The highest BCUT2D eigenvalue weighted by molar-refractivity contribution is 5.13. The van der Waals surface area contributed by atoms with E-state index in [9.17, 15) is 18.0 Å². The van der Waals surface area contributed by atoms with E-state index in [0.717, 1.165) is 42.2 Å². The molecule has 1 aromatic rings. The van der Waals surface area contributed by atoms with Crippen molar-refractivity contribution in [3.05, 3.63) is 34.2 Å². The van der Waals surface area contributed by atoms with Crippen molar-refractivity contribution in [3.8, 4) is 0 Å². The van der Waals surface area contributed by atoms with E-state index < -0.39 is 11.7 Å². The van der Waals surface area contributed by atoms with Crippen molar-refractivity contribution < 1.29 is 13.2 Å². The molecule has 90 valence electrons. The van der Waals surface area contributed by atoms with Crippen molar-refractivity contribution in [2.45, 2.75) is 38.9 Å². The highest BCUT2D eigenvalue weighted by Crippen LogP contribution is 2.28. The van der Waals surface area contributed by atoms with Crippen LogP contribution in [0.15, 0.2) is 23.1 Å². The second-order valence-corrected chi connectivity index (χ2v) is 3.65. The molecule has 0 N–H and O–H groups in total. The third-order valence-electron chi connectivity index (χ3n) is 2.31. The van der Waals surface area contributed by atoms with E-state index in [2.05, 4.69) is 0 Å².